The van der Waals surface area contributed by atoms with Gasteiger partial charge in [0.1, 0.15) is 6.10 Å². The Labute approximate surface area is 109 Å². The summed E-state index contributed by atoms with van der Waals surface area (Å²) in [7, 11) is 0. The second-order valence-electron chi connectivity index (χ2n) is 5.41. The molecule has 4 heteroatoms. The SMILES string of the molecule is CCC1CCCCC1OC(=O)CC1COCCN1. The summed E-state index contributed by atoms with van der Waals surface area (Å²) >= 11 is 0. The first kappa shape index (κ1) is 13.8. The van der Waals surface area contributed by atoms with Gasteiger partial charge in [0, 0.05) is 12.6 Å². The lowest BCUT2D eigenvalue weighted by Gasteiger charge is -2.31. The number of carbonyl (C=O) groups excluding carboxylic acids is 1. The average molecular weight is 255 g/mol. The van der Waals surface area contributed by atoms with Crippen molar-refractivity contribution in [2.24, 2.45) is 5.92 Å². The molecule has 1 saturated heterocycles. The van der Waals surface area contributed by atoms with Gasteiger partial charge in [-0.1, -0.05) is 13.3 Å². The van der Waals surface area contributed by atoms with E-state index in [0.29, 0.717) is 18.9 Å². The smallest absolute Gasteiger partial charge is 0.307 e. The number of hydrogen-bond acceptors (Lipinski definition) is 4. The molecule has 1 aliphatic heterocycles. The number of carbonyl (C=O) groups is 1. The molecular formula is C14H25NO3. The fourth-order valence-electron chi connectivity index (χ4n) is 2.96. The number of morpholine rings is 1. The van der Waals surface area contributed by atoms with Crippen molar-refractivity contribution in [1.29, 1.82) is 0 Å². The van der Waals surface area contributed by atoms with Gasteiger partial charge >= 0.3 is 5.97 Å². The fourth-order valence-corrected chi connectivity index (χ4v) is 2.96. The summed E-state index contributed by atoms with van der Waals surface area (Å²) < 4.78 is 11.0. The molecule has 0 aromatic heterocycles. The van der Waals surface area contributed by atoms with Crippen molar-refractivity contribution in [3.05, 3.63) is 0 Å². The van der Waals surface area contributed by atoms with Crippen LogP contribution in [0.3, 0.4) is 0 Å². The lowest BCUT2D eigenvalue weighted by molar-refractivity contribution is -0.155. The standard InChI is InChI=1S/C14H25NO3/c1-2-11-5-3-4-6-13(11)18-14(16)9-12-10-17-8-7-15-12/h11-13,15H,2-10H2,1H3. The minimum Gasteiger partial charge on any atom is -0.462 e. The lowest BCUT2D eigenvalue weighted by atomic mass is 9.85. The summed E-state index contributed by atoms with van der Waals surface area (Å²) in [6.07, 6.45) is 6.43. The summed E-state index contributed by atoms with van der Waals surface area (Å²) in [5, 5.41) is 3.29. The van der Waals surface area contributed by atoms with Crippen molar-refractivity contribution in [2.45, 2.75) is 57.6 Å². The molecular weight excluding hydrogens is 230 g/mol. The average Bonchev–Trinajstić information content (AvgIpc) is 2.40. The molecule has 1 aliphatic carbocycles. The third-order valence-electron chi connectivity index (χ3n) is 4.06. The Balaban J connectivity index is 1.75. The van der Waals surface area contributed by atoms with Crippen LogP contribution in [0.15, 0.2) is 0 Å². The maximum Gasteiger partial charge on any atom is 0.307 e. The monoisotopic (exact) mass is 255 g/mol. The van der Waals surface area contributed by atoms with E-state index in [0.717, 1.165) is 26.0 Å². The largest absolute Gasteiger partial charge is 0.462 e. The Morgan fingerprint density at radius 2 is 2.22 bits per heavy atom. The first-order valence-corrected chi connectivity index (χ1v) is 7.30. The highest BCUT2D eigenvalue weighted by molar-refractivity contribution is 5.70. The molecule has 1 heterocycles. The van der Waals surface area contributed by atoms with Gasteiger partial charge in [-0.3, -0.25) is 4.79 Å². The third kappa shape index (κ3) is 3.95. The van der Waals surface area contributed by atoms with Gasteiger partial charge in [-0.15, -0.1) is 0 Å². The zero-order valence-corrected chi connectivity index (χ0v) is 11.3. The number of rotatable bonds is 4. The van der Waals surface area contributed by atoms with Crippen molar-refractivity contribution >= 4 is 5.97 Å². The van der Waals surface area contributed by atoms with Gasteiger partial charge in [0.2, 0.25) is 0 Å². The van der Waals surface area contributed by atoms with Crippen LogP contribution in [0.1, 0.15) is 45.4 Å². The molecule has 104 valence electrons. The van der Waals surface area contributed by atoms with Crippen LogP contribution in [0, 0.1) is 5.92 Å². The van der Waals surface area contributed by atoms with Crippen LogP contribution in [0.5, 0.6) is 0 Å². The molecule has 2 aliphatic rings. The third-order valence-corrected chi connectivity index (χ3v) is 4.06. The minimum atomic E-state index is -0.0663. The van der Waals surface area contributed by atoms with Crippen LogP contribution in [0.25, 0.3) is 0 Å². The van der Waals surface area contributed by atoms with Crippen molar-refractivity contribution < 1.29 is 14.3 Å². The Morgan fingerprint density at radius 3 is 2.94 bits per heavy atom. The van der Waals surface area contributed by atoms with E-state index in [1.807, 2.05) is 0 Å². The normalized spacial score (nSPS) is 33.1. The molecule has 1 N–H and O–H groups in total. The Kier molecular flexibility index (Phi) is 5.45. The van der Waals surface area contributed by atoms with Gasteiger partial charge in [-0.25, -0.2) is 0 Å². The Morgan fingerprint density at radius 1 is 1.39 bits per heavy atom. The fraction of sp³-hybridized carbons (Fsp3) is 0.929. The van der Waals surface area contributed by atoms with E-state index in [9.17, 15) is 4.79 Å². The first-order valence-electron chi connectivity index (χ1n) is 7.30. The van der Waals surface area contributed by atoms with Crippen LogP contribution in [-0.2, 0) is 14.3 Å². The molecule has 0 bridgehead atoms. The second kappa shape index (κ2) is 7.10. The van der Waals surface area contributed by atoms with E-state index in [1.165, 1.54) is 19.3 Å². The number of ether oxygens (including phenoxy) is 2. The maximum absolute atomic E-state index is 11.9. The highest BCUT2D eigenvalue weighted by Gasteiger charge is 2.28. The van der Waals surface area contributed by atoms with Gasteiger partial charge in [-0.05, 0) is 31.6 Å². The molecule has 0 spiro atoms. The molecule has 18 heavy (non-hydrogen) atoms. The van der Waals surface area contributed by atoms with Crippen molar-refractivity contribution in [3.63, 3.8) is 0 Å². The topological polar surface area (TPSA) is 47.6 Å². The molecule has 2 rings (SSSR count). The van der Waals surface area contributed by atoms with Crippen molar-refractivity contribution in [1.82, 2.24) is 5.32 Å². The van der Waals surface area contributed by atoms with Crippen molar-refractivity contribution in [3.8, 4) is 0 Å². The molecule has 1 saturated carbocycles. The zero-order chi connectivity index (χ0) is 12.8. The van der Waals surface area contributed by atoms with Gasteiger partial charge < -0.3 is 14.8 Å². The van der Waals surface area contributed by atoms with Gasteiger partial charge in [0.05, 0.1) is 19.6 Å². The van der Waals surface area contributed by atoms with E-state index in [4.69, 9.17) is 9.47 Å². The molecule has 0 aromatic rings. The maximum atomic E-state index is 11.9. The van der Waals surface area contributed by atoms with E-state index in [1.54, 1.807) is 0 Å². The van der Waals surface area contributed by atoms with E-state index in [2.05, 4.69) is 12.2 Å². The van der Waals surface area contributed by atoms with Crippen LogP contribution < -0.4 is 5.32 Å². The summed E-state index contributed by atoms with van der Waals surface area (Å²) in [5.41, 5.74) is 0. The summed E-state index contributed by atoms with van der Waals surface area (Å²) in [6, 6.07) is 0.134. The highest BCUT2D eigenvalue weighted by atomic mass is 16.5. The predicted molar refractivity (Wildman–Crippen MR) is 69.4 cm³/mol. The summed E-state index contributed by atoms with van der Waals surface area (Å²) in [5.74, 6) is 0.501. The first-order chi connectivity index (χ1) is 8.79. The van der Waals surface area contributed by atoms with E-state index < -0.39 is 0 Å². The predicted octanol–water partition coefficient (Wildman–Crippen LogP) is 1.88. The van der Waals surface area contributed by atoms with Crippen LogP contribution in [0.4, 0.5) is 0 Å². The van der Waals surface area contributed by atoms with Gasteiger partial charge in [0.15, 0.2) is 0 Å². The quantitative estimate of drug-likeness (QED) is 0.779. The van der Waals surface area contributed by atoms with E-state index >= 15 is 0 Å². The molecule has 3 unspecified atom stereocenters. The van der Waals surface area contributed by atoms with Crippen molar-refractivity contribution in [2.75, 3.05) is 19.8 Å². The second-order valence-corrected chi connectivity index (χ2v) is 5.41. The summed E-state index contributed by atoms with van der Waals surface area (Å²) in [4.78, 5) is 11.9. The van der Waals surface area contributed by atoms with Crippen LogP contribution >= 0.6 is 0 Å². The Hall–Kier alpha value is -0.610. The molecule has 0 aromatic carbocycles. The van der Waals surface area contributed by atoms with Crippen LogP contribution in [-0.4, -0.2) is 37.9 Å². The number of nitrogens with one attached hydrogen (secondary N) is 1. The number of esters is 1. The lowest BCUT2D eigenvalue weighted by Crippen LogP contribution is -2.43. The molecule has 0 radical (unpaired) electrons. The summed E-state index contributed by atoms with van der Waals surface area (Å²) in [6.45, 7) is 4.38. The molecule has 3 atom stereocenters. The number of hydrogen-bond donors (Lipinski definition) is 1. The van der Waals surface area contributed by atoms with Crippen LogP contribution in [0.2, 0.25) is 0 Å². The molecule has 2 fully saturated rings. The van der Waals surface area contributed by atoms with Gasteiger partial charge in [0.25, 0.3) is 0 Å². The van der Waals surface area contributed by atoms with Gasteiger partial charge in [-0.2, -0.15) is 0 Å². The van der Waals surface area contributed by atoms with E-state index in [-0.39, 0.29) is 18.1 Å². The Bertz CT molecular complexity index is 264. The zero-order valence-electron chi connectivity index (χ0n) is 11.3. The molecule has 0 amide bonds. The highest BCUT2D eigenvalue weighted by Crippen LogP contribution is 2.29. The molecule has 4 nitrogen and oxygen atoms in total. The minimum absolute atomic E-state index is 0.0663.